The van der Waals surface area contributed by atoms with Crippen LogP contribution in [0.4, 0.5) is 0 Å². The first-order valence-corrected chi connectivity index (χ1v) is 7.22. The van der Waals surface area contributed by atoms with Gasteiger partial charge in [0.2, 0.25) is 5.91 Å². The molecule has 0 aromatic rings. The van der Waals surface area contributed by atoms with Crippen LogP contribution < -0.4 is 10.6 Å². The summed E-state index contributed by atoms with van der Waals surface area (Å²) in [6.07, 6.45) is 5.08. The van der Waals surface area contributed by atoms with Gasteiger partial charge in [0.1, 0.15) is 0 Å². The summed E-state index contributed by atoms with van der Waals surface area (Å²) in [5.41, 5.74) is -0.131. The normalized spacial score (nSPS) is 29.1. The summed E-state index contributed by atoms with van der Waals surface area (Å²) >= 11 is 0. The molecule has 0 spiro atoms. The molecule has 2 fully saturated rings. The lowest BCUT2D eigenvalue weighted by Crippen LogP contribution is -2.50. The Kier molecular flexibility index (Phi) is 4.28. The maximum absolute atomic E-state index is 11.7. The van der Waals surface area contributed by atoms with Crippen LogP contribution in [-0.2, 0) is 4.79 Å². The van der Waals surface area contributed by atoms with E-state index in [0.717, 1.165) is 6.04 Å². The van der Waals surface area contributed by atoms with Crippen molar-refractivity contribution in [2.45, 2.75) is 64.1 Å². The van der Waals surface area contributed by atoms with Gasteiger partial charge in [0.15, 0.2) is 0 Å². The van der Waals surface area contributed by atoms with Crippen molar-refractivity contribution in [1.29, 1.82) is 0 Å². The standard InChI is InChI=1S/C14H27N3O/c1-14(2,3)16-13(18)10-15-11-6-8-17-7-4-5-12(17)9-11/h11-12,15H,4-10H2,1-3H3,(H,16,18). The predicted octanol–water partition coefficient (Wildman–Crippen LogP) is 1.12. The van der Waals surface area contributed by atoms with Gasteiger partial charge in [0.25, 0.3) is 0 Å². The van der Waals surface area contributed by atoms with Gasteiger partial charge >= 0.3 is 0 Å². The fraction of sp³-hybridized carbons (Fsp3) is 0.929. The van der Waals surface area contributed by atoms with Crippen molar-refractivity contribution < 1.29 is 4.79 Å². The summed E-state index contributed by atoms with van der Waals surface area (Å²) in [4.78, 5) is 14.3. The predicted molar refractivity (Wildman–Crippen MR) is 73.5 cm³/mol. The van der Waals surface area contributed by atoms with E-state index in [0.29, 0.717) is 12.6 Å². The molecule has 4 heteroatoms. The first kappa shape index (κ1) is 13.8. The minimum absolute atomic E-state index is 0.108. The molecule has 0 aliphatic carbocycles. The van der Waals surface area contributed by atoms with Crippen LogP contribution in [0.3, 0.4) is 0 Å². The number of nitrogens with one attached hydrogen (secondary N) is 2. The van der Waals surface area contributed by atoms with Gasteiger partial charge in [-0.2, -0.15) is 0 Å². The van der Waals surface area contributed by atoms with Gasteiger partial charge in [0.05, 0.1) is 6.54 Å². The molecule has 1 amide bonds. The van der Waals surface area contributed by atoms with Crippen molar-refractivity contribution in [3.63, 3.8) is 0 Å². The average molecular weight is 253 g/mol. The second-order valence-electron chi connectivity index (χ2n) is 6.73. The maximum Gasteiger partial charge on any atom is 0.234 e. The van der Waals surface area contributed by atoms with Crippen LogP contribution in [-0.4, -0.2) is 48.1 Å². The first-order valence-electron chi connectivity index (χ1n) is 7.22. The van der Waals surface area contributed by atoms with Crippen molar-refractivity contribution in [2.24, 2.45) is 0 Å². The van der Waals surface area contributed by atoms with E-state index in [1.54, 1.807) is 0 Å². The van der Waals surface area contributed by atoms with Crippen molar-refractivity contribution in [3.8, 4) is 0 Å². The van der Waals surface area contributed by atoms with Crippen molar-refractivity contribution in [1.82, 2.24) is 15.5 Å². The molecule has 2 N–H and O–H groups in total. The Balaban J connectivity index is 1.69. The number of hydrogen-bond acceptors (Lipinski definition) is 3. The van der Waals surface area contributed by atoms with Gasteiger partial charge in [-0.25, -0.2) is 0 Å². The van der Waals surface area contributed by atoms with E-state index in [1.165, 1.54) is 38.8 Å². The van der Waals surface area contributed by atoms with E-state index < -0.39 is 0 Å². The number of rotatable bonds is 3. The number of piperidine rings is 1. The molecule has 0 bridgehead atoms. The molecule has 0 aromatic heterocycles. The highest BCUT2D eigenvalue weighted by atomic mass is 16.2. The smallest absolute Gasteiger partial charge is 0.234 e. The Morgan fingerprint density at radius 2 is 2.06 bits per heavy atom. The second-order valence-corrected chi connectivity index (χ2v) is 6.73. The van der Waals surface area contributed by atoms with E-state index >= 15 is 0 Å². The Morgan fingerprint density at radius 3 is 2.78 bits per heavy atom. The molecular weight excluding hydrogens is 226 g/mol. The number of fused-ring (bicyclic) bond motifs is 1. The monoisotopic (exact) mass is 253 g/mol. The lowest BCUT2D eigenvalue weighted by Gasteiger charge is -2.35. The summed E-state index contributed by atoms with van der Waals surface area (Å²) in [5.74, 6) is 0.108. The molecular formula is C14H27N3O. The van der Waals surface area contributed by atoms with Crippen LogP contribution in [0.15, 0.2) is 0 Å². The zero-order chi connectivity index (χ0) is 13.2. The third-order valence-corrected chi connectivity index (χ3v) is 3.89. The van der Waals surface area contributed by atoms with Crippen LogP contribution in [0.25, 0.3) is 0 Å². The Labute approximate surface area is 110 Å². The number of hydrogen-bond donors (Lipinski definition) is 2. The largest absolute Gasteiger partial charge is 0.350 e. The van der Waals surface area contributed by atoms with Gasteiger partial charge in [-0.1, -0.05) is 0 Å². The number of amides is 1. The quantitative estimate of drug-likeness (QED) is 0.792. The molecule has 18 heavy (non-hydrogen) atoms. The Hall–Kier alpha value is -0.610. The van der Waals surface area contributed by atoms with E-state index in [2.05, 4.69) is 15.5 Å². The van der Waals surface area contributed by atoms with Gasteiger partial charge in [-0.15, -0.1) is 0 Å². The van der Waals surface area contributed by atoms with Gasteiger partial charge in [0, 0.05) is 17.6 Å². The fourth-order valence-corrected chi connectivity index (χ4v) is 3.11. The minimum Gasteiger partial charge on any atom is -0.350 e. The summed E-state index contributed by atoms with van der Waals surface area (Å²) in [6.45, 7) is 8.98. The lowest BCUT2D eigenvalue weighted by atomic mass is 9.97. The minimum atomic E-state index is -0.131. The molecule has 2 aliphatic heterocycles. The van der Waals surface area contributed by atoms with Gasteiger partial charge in [-0.3, -0.25) is 4.79 Å². The van der Waals surface area contributed by atoms with E-state index in [4.69, 9.17) is 0 Å². The van der Waals surface area contributed by atoms with Gasteiger partial charge in [-0.05, 0) is 59.5 Å². The first-order chi connectivity index (χ1) is 8.44. The number of carbonyl (C=O) groups excluding carboxylic acids is 1. The Bertz CT molecular complexity index is 298. The molecule has 4 nitrogen and oxygen atoms in total. The molecule has 2 aliphatic rings. The molecule has 2 heterocycles. The van der Waals surface area contributed by atoms with Crippen LogP contribution in [0, 0.1) is 0 Å². The third kappa shape index (κ3) is 3.95. The molecule has 0 saturated carbocycles. The van der Waals surface area contributed by atoms with Crippen LogP contribution in [0.5, 0.6) is 0 Å². The average Bonchev–Trinajstić information content (AvgIpc) is 2.71. The van der Waals surface area contributed by atoms with E-state index in [9.17, 15) is 4.79 Å². The zero-order valence-electron chi connectivity index (χ0n) is 12.0. The highest BCUT2D eigenvalue weighted by Crippen LogP contribution is 2.26. The van der Waals surface area contributed by atoms with Crippen molar-refractivity contribution in [2.75, 3.05) is 19.6 Å². The van der Waals surface area contributed by atoms with Gasteiger partial charge < -0.3 is 15.5 Å². The topological polar surface area (TPSA) is 44.4 Å². The molecule has 2 unspecified atom stereocenters. The molecule has 2 rings (SSSR count). The van der Waals surface area contributed by atoms with E-state index in [1.807, 2.05) is 20.8 Å². The molecule has 0 radical (unpaired) electrons. The maximum atomic E-state index is 11.7. The van der Waals surface area contributed by atoms with Crippen LogP contribution >= 0.6 is 0 Å². The SMILES string of the molecule is CC(C)(C)NC(=O)CNC1CCN2CCCC2C1. The van der Waals surface area contributed by atoms with Crippen LogP contribution in [0.1, 0.15) is 46.5 Å². The third-order valence-electron chi connectivity index (χ3n) is 3.89. The highest BCUT2D eigenvalue weighted by Gasteiger charge is 2.31. The second kappa shape index (κ2) is 5.57. The summed E-state index contributed by atoms with van der Waals surface area (Å²) in [6, 6.07) is 1.29. The fourth-order valence-electron chi connectivity index (χ4n) is 3.11. The van der Waals surface area contributed by atoms with E-state index in [-0.39, 0.29) is 11.4 Å². The molecule has 104 valence electrons. The molecule has 2 saturated heterocycles. The Morgan fingerprint density at radius 1 is 1.28 bits per heavy atom. The van der Waals surface area contributed by atoms with Crippen molar-refractivity contribution in [3.05, 3.63) is 0 Å². The summed E-state index contributed by atoms with van der Waals surface area (Å²) in [5, 5.41) is 6.41. The number of nitrogens with zero attached hydrogens (tertiary/aromatic N) is 1. The highest BCUT2D eigenvalue weighted by molar-refractivity contribution is 5.78. The molecule has 2 atom stereocenters. The molecule has 0 aromatic carbocycles. The zero-order valence-corrected chi connectivity index (χ0v) is 12.0. The van der Waals surface area contributed by atoms with Crippen molar-refractivity contribution >= 4 is 5.91 Å². The van der Waals surface area contributed by atoms with Crippen LogP contribution in [0.2, 0.25) is 0 Å². The number of carbonyl (C=O) groups is 1. The summed E-state index contributed by atoms with van der Waals surface area (Å²) in [7, 11) is 0. The summed E-state index contributed by atoms with van der Waals surface area (Å²) < 4.78 is 0. The lowest BCUT2D eigenvalue weighted by molar-refractivity contribution is -0.121.